The Morgan fingerprint density at radius 1 is 1.17 bits per heavy atom. The Morgan fingerprint density at radius 2 is 1.94 bits per heavy atom. The molecule has 1 amide bonds. The number of aryl methyl sites for hydroxylation is 2. The van der Waals surface area contributed by atoms with Crippen LogP contribution in [0.15, 0.2) is 36.9 Å². The fraction of sp³-hybridized carbons (Fsp3) is 0.385. The lowest BCUT2D eigenvalue weighted by Crippen LogP contribution is -2.50. The number of carbonyl (C=O) groups excluding carboxylic acids is 1. The standard InChI is InChI=1S/C26H28N8O/c1-5-34-23(18-11-27-15(3)28-12-18)32-22-21(29-13-30-24(22)34)17-8-9-20-19(10-17)26(4,25(35)31-20)33-14(2)16-6-7-16/h8-14,16,33H,5-7H2,1-4H3,(H,31,35)/t14-,26-/m1/s1. The molecule has 2 atom stereocenters. The maximum Gasteiger partial charge on any atom is 0.249 e. The van der Waals surface area contributed by atoms with E-state index in [-0.39, 0.29) is 11.9 Å². The molecule has 0 radical (unpaired) electrons. The second-order valence-electron chi connectivity index (χ2n) is 9.70. The number of amides is 1. The molecule has 0 unspecified atom stereocenters. The molecular formula is C26H28N8O. The van der Waals surface area contributed by atoms with Gasteiger partial charge >= 0.3 is 0 Å². The molecule has 35 heavy (non-hydrogen) atoms. The lowest BCUT2D eigenvalue weighted by molar-refractivity contribution is -0.121. The summed E-state index contributed by atoms with van der Waals surface area (Å²) in [5.41, 5.74) is 4.89. The number of nitrogens with zero attached hydrogens (tertiary/aromatic N) is 6. The third-order valence-electron chi connectivity index (χ3n) is 7.27. The smallest absolute Gasteiger partial charge is 0.249 e. The van der Waals surface area contributed by atoms with Crippen LogP contribution in [-0.4, -0.2) is 41.4 Å². The number of benzene rings is 1. The van der Waals surface area contributed by atoms with E-state index in [4.69, 9.17) is 4.98 Å². The number of anilines is 1. The van der Waals surface area contributed by atoms with Gasteiger partial charge in [0, 0.05) is 41.8 Å². The zero-order valence-corrected chi connectivity index (χ0v) is 20.3. The van der Waals surface area contributed by atoms with E-state index in [2.05, 4.69) is 55.1 Å². The first-order chi connectivity index (χ1) is 16.9. The van der Waals surface area contributed by atoms with Gasteiger partial charge in [-0.25, -0.2) is 24.9 Å². The summed E-state index contributed by atoms with van der Waals surface area (Å²) in [6.07, 6.45) is 7.57. The first kappa shape index (κ1) is 21.8. The molecule has 1 aliphatic carbocycles. The minimum atomic E-state index is -0.799. The predicted molar refractivity (Wildman–Crippen MR) is 133 cm³/mol. The maximum absolute atomic E-state index is 13.0. The molecule has 0 spiro atoms. The van der Waals surface area contributed by atoms with Crippen LogP contribution in [0.2, 0.25) is 0 Å². The van der Waals surface area contributed by atoms with Crippen LogP contribution < -0.4 is 10.6 Å². The molecular weight excluding hydrogens is 440 g/mol. The summed E-state index contributed by atoms with van der Waals surface area (Å²) >= 11 is 0. The number of carbonyl (C=O) groups is 1. The van der Waals surface area contributed by atoms with E-state index in [1.54, 1.807) is 18.7 Å². The molecule has 3 aromatic heterocycles. The normalized spacial score (nSPS) is 20.2. The SMILES string of the molecule is CCn1c(-c2cnc(C)nc2)nc2c(-c3ccc4c(c3)[C@@](C)(N[C@H](C)C3CC3)C(=O)N4)ncnc21. The quantitative estimate of drug-likeness (QED) is 0.442. The van der Waals surface area contributed by atoms with Gasteiger partial charge < -0.3 is 9.88 Å². The molecule has 0 saturated heterocycles. The fourth-order valence-electron chi connectivity index (χ4n) is 5.07. The van der Waals surface area contributed by atoms with Crippen LogP contribution in [0.4, 0.5) is 5.69 Å². The van der Waals surface area contributed by atoms with Gasteiger partial charge in [0.1, 0.15) is 34.7 Å². The molecule has 1 aliphatic heterocycles. The lowest BCUT2D eigenvalue weighted by Gasteiger charge is -2.28. The van der Waals surface area contributed by atoms with Crippen molar-refractivity contribution in [1.82, 2.24) is 34.8 Å². The Bertz CT molecular complexity index is 1460. The van der Waals surface area contributed by atoms with Gasteiger partial charge in [-0.05, 0) is 58.6 Å². The molecule has 1 fully saturated rings. The second kappa shape index (κ2) is 7.91. The molecule has 1 saturated carbocycles. The summed E-state index contributed by atoms with van der Waals surface area (Å²) in [4.78, 5) is 35.8. The number of nitrogens with one attached hydrogen (secondary N) is 2. The van der Waals surface area contributed by atoms with Gasteiger partial charge in [0.2, 0.25) is 5.91 Å². The highest BCUT2D eigenvalue weighted by Crippen LogP contribution is 2.41. The van der Waals surface area contributed by atoms with Gasteiger partial charge in [0.15, 0.2) is 5.65 Å². The average molecular weight is 469 g/mol. The van der Waals surface area contributed by atoms with Crippen LogP contribution in [0.5, 0.6) is 0 Å². The summed E-state index contributed by atoms with van der Waals surface area (Å²) in [6, 6.07) is 6.26. The molecule has 0 bridgehead atoms. The molecule has 4 heterocycles. The zero-order chi connectivity index (χ0) is 24.3. The van der Waals surface area contributed by atoms with Gasteiger partial charge in [-0.3, -0.25) is 10.1 Å². The van der Waals surface area contributed by atoms with E-state index in [9.17, 15) is 4.79 Å². The van der Waals surface area contributed by atoms with E-state index in [0.29, 0.717) is 23.8 Å². The number of rotatable bonds is 6. The van der Waals surface area contributed by atoms with Crippen LogP contribution in [0.3, 0.4) is 0 Å². The zero-order valence-electron chi connectivity index (χ0n) is 20.3. The molecule has 4 aromatic rings. The van der Waals surface area contributed by atoms with Crippen molar-refractivity contribution in [3.63, 3.8) is 0 Å². The maximum atomic E-state index is 13.0. The Hall–Kier alpha value is -3.72. The first-order valence-electron chi connectivity index (χ1n) is 12.1. The molecule has 9 nitrogen and oxygen atoms in total. The molecule has 2 N–H and O–H groups in total. The Balaban J connectivity index is 1.47. The summed E-state index contributed by atoms with van der Waals surface area (Å²) in [5.74, 6) is 2.08. The van der Waals surface area contributed by atoms with E-state index in [1.165, 1.54) is 12.8 Å². The van der Waals surface area contributed by atoms with Crippen molar-refractivity contribution in [3.8, 4) is 22.6 Å². The van der Waals surface area contributed by atoms with Crippen LogP contribution in [0.25, 0.3) is 33.8 Å². The van der Waals surface area contributed by atoms with Crippen molar-refractivity contribution >= 4 is 22.8 Å². The number of fused-ring (bicyclic) bond motifs is 2. The Morgan fingerprint density at radius 3 is 2.66 bits per heavy atom. The van der Waals surface area contributed by atoms with Gasteiger partial charge in [-0.1, -0.05) is 6.07 Å². The number of imidazole rings is 1. The highest BCUT2D eigenvalue weighted by Gasteiger charge is 2.45. The highest BCUT2D eigenvalue weighted by molar-refractivity contribution is 6.06. The number of hydrogen-bond acceptors (Lipinski definition) is 7. The number of aromatic nitrogens is 6. The number of hydrogen-bond donors (Lipinski definition) is 2. The molecule has 178 valence electrons. The van der Waals surface area contributed by atoms with Gasteiger partial charge in [0.05, 0.1) is 5.56 Å². The second-order valence-corrected chi connectivity index (χ2v) is 9.70. The van der Waals surface area contributed by atoms with Crippen molar-refractivity contribution in [2.45, 2.75) is 58.7 Å². The molecule has 9 heteroatoms. The first-order valence-corrected chi connectivity index (χ1v) is 12.1. The minimum Gasteiger partial charge on any atom is -0.324 e. The van der Waals surface area contributed by atoms with Gasteiger partial charge in [0.25, 0.3) is 0 Å². The minimum absolute atomic E-state index is 0.0260. The van der Waals surface area contributed by atoms with E-state index in [0.717, 1.165) is 39.5 Å². The van der Waals surface area contributed by atoms with Crippen LogP contribution in [-0.2, 0) is 16.9 Å². The van der Waals surface area contributed by atoms with Crippen LogP contribution in [0.1, 0.15) is 45.0 Å². The highest BCUT2D eigenvalue weighted by atomic mass is 16.2. The van der Waals surface area contributed by atoms with Crippen molar-refractivity contribution in [2.24, 2.45) is 5.92 Å². The molecule has 2 aliphatic rings. The molecule has 1 aromatic carbocycles. The van der Waals surface area contributed by atoms with E-state index < -0.39 is 5.54 Å². The lowest BCUT2D eigenvalue weighted by atomic mass is 9.90. The van der Waals surface area contributed by atoms with Crippen molar-refractivity contribution in [1.29, 1.82) is 0 Å². The molecule has 6 rings (SSSR count). The Kier molecular flexibility index (Phi) is 4.93. The topological polar surface area (TPSA) is 111 Å². The average Bonchev–Trinajstić information content (AvgIpc) is 3.60. The summed E-state index contributed by atoms with van der Waals surface area (Å²) in [6.45, 7) is 8.75. The van der Waals surface area contributed by atoms with Crippen molar-refractivity contribution in [3.05, 3.63) is 48.3 Å². The third kappa shape index (κ3) is 3.49. The largest absolute Gasteiger partial charge is 0.324 e. The summed E-state index contributed by atoms with van der Waals surface area (Å²) in [7, 11) is 0. The van der Waals surface area contributed by atoms with Gasteiger partial charge in [-0.15, -0.1) is 0 Å². The van der Waals surface area contributed by atoms with Crippen LogP contribution >= 0.6 is 0 Å². The fourth-order valence-corrected chi connectivity index (χ4v) is 5.07. The van der Waals surface area contributed by atoms with Crippen molar-refractivity contribution < 1.29 is 4.79 Å². The summed E-state index contributed by atoms with van der Waals surface area (Å²) in [5, 5.41) is 6.66. The third-order valence-corrected chi connectivity index (χ3v) is 7.27. The summed E-state index contributed by atoms with van der Waals surface area (Å²) < 4.78 is 2.05. The monoisotopic (exact) mass is 468 g/mol. The van der Waals surface area contributed by atoms with Crippen molar-refractivity contribution in [2.75, 3.05) is 5.32 Å². The van der Waals surface area contributed by atoms with Gasteiger partial charge in [-0.2, -0.15) is 0 Å². The van der Waals surface area contributed by atoms with E-state index in [1.807, 2.05) is 26.0 Å². The Labute approximate surface area is 203 Å². The predicted octanol–water partition coefficient (Wildman–Crippen LogP) is 3.83. The van der Waals surface area contributed by atoms with E-state index >= 15 is 0 Å². The van der Waals surface area contributed by atoms with Crippen LogP contribution in [0, 0.1) is 12.8 Å².